The summed E-state index contributed by atoms with van der Waals surface area (Å²) in [4.78, 5) is 5.84. The molecule has 2 heterocycles. The molecule has 1 N–H and O–H groups in total. The van der Waals surface area contributed by atoms with Gasteiger partial charge in [0.05, 0.1) is 6.04 Å². The molecule has 0 aliphatic rings. The van der Waals surface area contributed by atoms with Crippen molar-refractivity contribution in [1.82, 2.24) is 14.9 Å². The Kier molecular flexibility index (Phi) is 4.97. The zero-order valence-corrected chi connectivity index (χ0v) is 13.1. The fourth-order valence-electron chi connectivity index (χ4n) is 1.95. The summed E-state index contributed by atoms with van der Waals surface area (Å²) in [5.74, 6) is 1.10. The molecule has 5 heteroatoms. The van der Waals surface area contributed by atoms with Crippen LogP contribution in [-0.4, -0.2) is 16.1 Å². The lowest BCUT2D eigenvalue weighted by molar-refractivity contribution is 0.494. The quantitative estimate of drug-likeness (QED) is 0.879. The maximum Gasteiger partial charge on any atom is 0.125 e. The van der Waals surface area contributed by atoms with Crippen LogP contribution in [0.1, 0.15) is 30.1 Å². The van der Waals surface area contributed by atoms with Gasteiger partial charge in [-0.1, -0.05) is 6.92 Å². The molecular formula is C13H18BrN3S. The molecule has 0 radical (unpaired) electrons. The lowest BCUT2D eigenvalue weighted by atomic mass is 10.1. The molecule has 0 aromatic carbocycles. The molecule has 0 spiro atoms. The monoisotopic (exact) mass is 327 g/mol. The van der Waals surface area contributed by atoms with Crippen molar-refractivity contribution in [2.24, 2.45) is 7.05 Å². The first-order valence-corrected chi connectivity index (χ1v) is 7.81. The molecule has 2 aromatic rings. The third kappa shape index (κ3) is 3.43. The summed E-state index contributed by atoms with van der Waals surface area (Å²) in [7, 11) is 2.05. The molecule has 1 atom stereocenters. The summed E-state index contributed by atoms with van der Waals surface area (Å²) < 4.78 is 3.26. The molecule has 18 heavy (non-hydrogen) atoms. The fraction of sp³-hybridized carbons (Fsp3) is 0.462. The van der Waals surface area contributed by atoms with Gasteiger partial charge in [-0.2, -0.15) is 0 Å². The summed E-state index contributed by atoms with van der Waals surface area (Å²) in [6.07, 6.45) is 5.98. The number of imidazole rings is 1. The first kappa shape index (κ1) is 13.8. The molecule has 3 nitrogen and oxygen atoms in total. The van der Waals surface area contributed by atoms with Gasteiger partial charge in [0.1, 0.15) is 5.82 Å². The average molecular weight is 328 g/mol. The largest absolute Gasteiger partial charge is 0.337 e. The van der Waals surface area contributed by atoms with E-state index in [4.69, 9.17) is 0 Å². The molecule has 2 aromatic heterocycles. The zero-order valence-electron chi connectivity index (χ0n) is 10.7. The molecule has 0 amide bonds. The highest BCUT2D eigenvalue weighted by Crippen LogP contribution is 2.25. The third-order valence-electron chi connectivity index (χ3n) is 2.84. The Labute approximate surface area is 120 Å². The van der Waals surface area contributed by atoms with Crippen LogP contribution in [0.5, 0.6) is 0 Å². The van der Waals surface area contributed by atoms with Crippen LogP contribution in [0.4, 0.5) is 0 Å². The Morgan fingerprint density at radius 1 is 1.56 bits per heavy atom. The Balaban J connectivity index is 2.12. The van der Waals surface area contributed by atoms with Crippen LogP contribution in [-0.2, 0) is 13.5 Å². The minimum Gasteiger partial charge on any atom is -0.337 e. The molecular weight excluding hydrogens is 310 g/mol. The van der Waals surface area contributed by atoms with Crippen molar-refractivity contribution < 1.29 is 0 Å². The van der Waals surface area contributed by atoms with E-state index >= 15 is 0 Å². The second kappa shape index (κ2) is 6.50. The minimum atomic E-state index is 0.287. The van der Waals surface area contributed by atoms with Crippen LogP contribution >= 0.6 is 27.3 Å². The molecule has 0 saturated carbocycles. The maximum atomic E-state index is 4.47. The summed E-state index contributed by atoms with van der Waals surface area (Å²) in [5.41, 5.74) is 0. The van der Waals surface area contributed by atoms with Gasteiger partial charge >= 0.3 is 0 Å². The van der Waals surface area contributed by atoms with E-state index in [1.165, 1.54) is 4.88 Å². The van der Waals surface area contributed by atoms with Gasteiger partial charge in [0, 0.05) is 40.6 Å². The third-order valence-corrected chi connectivity index (χ3v) is 4.56. The van der Waals surface area contributed by atoms with E-state index in [1.807, 2.05) is 19.4 Å². The molecule has 0 aliphatic heterocycles. The molecule has 0 aliphatic carbocycles. The zero-order chi connectivity index (χ0) is 13.0. The smallest absolute Gasteiger partial charge is 0.125 e. The van der Waals surface area contributed by atoms with Gasteiger partial charge in [-0.3, -0.25) is 0 Å². The van der Waals surface area contributed by atoms with Crippen molar-refractivity contribution in [3.05, 3.63) is 39.0 Å². The lowest BCUT2D eigenvalue weighted by Gasteiger charge is -2.17. The van der Waals surface area contributed by atoms with Crippen LogP contribution < -0.4 is 5.32 Å². The van der Waals surface area contributed by atoms with Gasteiger partial charge in [-0.25, -0.2) is 4.98 Å². The minimum absolute atomic E-state index is 0.287. The predicted octanol–water partition coefficient (Wildman–Crippen LogP) is 3.53. The Hall–Kier alpha value is -0.650. The van der Waals surface area contributed by atoms with Crippen molar-refractivity contribution in [2.45, 2.75) is 25.8 Å². The number of thiophene rings is 1. The highest BCUT2D eigenvalue weighted by molar-refractivity contribution is 9.10. The number of hydrogen-bond acceptors (Lipinski definition) is 3. The molecule has 98 valence electrons. The number of hydrogen-bond donors (Lipinski definition) is 1. The van der Waals surface area contributed by atoms with E-state index in [0.29, 0.717) is 0 Å². The van der Waals surface area contributed by atoms with Crippen molar-refractivity contribution in [3.8, 4) is 0 Å². The SMILES string of the molecule is CCCNC(Cc1cc(Br)cs1)c1nccn1C. The standard InChI is InChI=1S/C13H18BrN3S/c1-3-4-15-12(13-16-5-6-17(13)2)8-11-7-10(14)9-18-11/h5-7,9,12,15H,3-4,8H2,1-2H3. The Morgan fingerprint density at radius 3 is 2.94 bits per heavy atom. The van der Waals surface area contributed by atoms with E-state index < -0.39 is 0 Å². The second-order valence-electron chi connectivity index (χ2n) is 4.34. The maximum absolute atomic E-state index is 4.47. The Morgan fingerprint density at radius 2 is 2.39 bits per heavy atom. The van der Waals surface area contributed by atoms with Crippen molar-refractivity contribution in [3.63, 3.8) is 0 Å². The van der Waals surface area contributed by atoms with Gasteiger partial charge in [0.15, 0.2) is 0 Å². The van der Waals surface area contributed by atoms with Crippen molar-refractivity contribution >= 4 is 27.3 Å². The van der Waals surface area contributed by atoms with E-state index in [0.717, 1.165) is 29.7 Å². The van der Waals surface area contributed by atoms with Crippen LogP contribution in [0.15, 0.2) is 28.3 Å². The van der Waals surface area contributed by atoms with E-state index in [1.54, 1.807) is 11.3 Å². The normalized spacial score (nSPS) is 12.8. The lowest BCUT2D eigenvalue weighted by Crippen LogP contribution is -2.26. The van der Waals surface area contributed by atoms with E-state index in [-0.39, 0.29) is 6.04 Å². The summed E-state index contributed by atoms with van der Waals surface area (Å²) >= 11 is 5.30. The van der Waals surface area contributed by atoms with E-state index in [9.17, 15) is 0 Å². The van der Waals surface area contributed by atoms with Gasteiger partial charge in [-0.05, 0) is 35.0 Å². The van der Waals surface area contributed by atoms with Gasteiger partial charge in [-0.15, -0.1) is 11.3 Å². The van der Waals surface area contributed by atoms with Crippen LogP contribution in [0.25, 0.3) is 0 Å². The molecule has 0 fully saturated rings. The fourth-order valence-corrected chi connectivity index (χ4v) is 3.45. The van der Waals surface area contributed by atoms with Crippen LogP contribution in [0, 0.1) is 0 Å². The van der Waals surface area contributed by atoms with Crippen LogP contribution in [0.2, 0.25) is 0 Å². The van der Waals surface area contributed by atoms with E-state index in [2.05, 4.69) is 49.2 Å². The van der Waals surface area contributed by atoms with Gasteiger partial charge < -0.3 is 9.88 Å². The number of nitrogens with zero attached hydrogens (tertiary/aromatic N) is 2. The highest BCUT2D eigenvalue weighted by atomic mass is 79.9. The average Bonchev–Trinajstić information content (AvgIpc) is 2.93. The summed E-state index contributed by atoms with van der Waals surface area (Å²) in [6, 6.07) is 2.48. The number of aryl methyl sites for hydroxylation is 1. The molecule has 1 unspecified atom stereocenters. The number of aromatic nitrogens is 2. The van der Waals surface area contributed by atoms with Crippen LogP contribution in [0.3, 0.4) is 0 Å². The van der Waals surface area contributed by atoms with Gasteiger partial charge in [0.2, 0.25) is 0 Å². The predicted molar refractivity (Wildman–Crippen MR) is 80.0 cm³/mol. The Bertz CT molecular complexity index is 492. The summed E-state index contributed by atoms with van der Waals surface area (Å²) in [6.45, 7) is 3.20. The topological polar surface area (TPSA) is 29.9 Å². The molecule has 2 rings (SSSR count). The van der Waals surface area contributed by atoms with Crippen molar-refractivity contribution in [1.29, 1.82) is 0 Å². The molecule has 0 bridgehead atoms. The molecule has 0 saturated heterocycles. The summed E-state index contributed by atoms with van der Waals surface area (Å²) in [5, 5.41) is 5.71. The highest BCUT2D eigenvalue weighted by Gasteiger charge is 2.16. The number of nitrogens with one attached hydrogen (secondary N) is 1. The number of rotatable bonds is 6. The first-order chi connectivity index (χ1) is 8.70. The second-order valence-corrected chi connectivity index (χ2v) is 6.25. The number of halogens is 1. The van der Waals surface area contributed by atoms with Gasteiger partial charge in [0.25, 0.3) is 0 Å². The van der Waals surface area contributed by atoms with Crippen molar-refractivity contribution in [2.75, 3.05) is 6.54 Å². The first-order valence-electron chi connectivity index (χ1n) is 6.14.